The molecule has 0 unspecified atom stereocenters. The summed E-state index contributed by atoms with van der Waals surface area (Å²) in [6.45, 7) is 0. The first-order chi connectivity index (χ1) is 5.74. The predicted octanol–water partition coefficient (Wildman–Crippen LogP) is 1.65. The lowest BCUT2D eigenvalue weighted by atomic mass is 9.87. The molecule has 12 heavy (non-hydrogen) atoms. The van der Waals surface area contributed by atoms with E-state index in [1.165, 1.54) is 6.08 Å². The van der Waals surface area contributed by atoms with E-state index in [0.29, 0.717) is 0 Å². The van der Waals surface area contributed by atoms with Crippen molar-refractivity contribution in [1.82, 2.24) is 0 Å². The average Bonchev–Trinajstić information content (AvgIpc) is 2.06. The minimum Gasteiger partial charge on any atom is -0.281 e. The Hall–Kier alpha value is -0.660. The van der Waals surface area contributed by atoms with Crippen molar-refractivity contribution in [3.05, 3.63) is 0 Å². The molecule has 0 aromatic carbocycles. The maximum atomic E-state index is 10.7. The highest BCUT2D eigenvalue weighted by Crippen LogP contribution is 2.27. The molecule has 0 radical (unpaired) electrons. The van der Waals surface area contributed by atoms with Crippen LogP contribution in [-0.4, -0.2) is 17.4 Å². The summed E-state index contributed by atoms with van der Waals surface area (Å²) in [4.78, 5) is 24.2. The highest BCUT2D eigenvalue weighted by molar-refractivity contribution is 6.63. The molecule has 3 nitrogen and oxygen atoms in total. The lowest BCUT2D eigenvalue weighted by molar-refractivity contribution is -0.116. The molecule has 4 heteroatoms. The normalized spacial score (nSPS) is 29.1. The molecule has 1 saturated carbocycles. The number of nitrogens with zero attached hydrogens (tertiary/aromatic N) is 1. The van der Waals surface area contributed by atoms with Gasteiger partial charge in [0.15, 0.2) is 0 Å². The number of halogens is 1. The topological polar surface area (TPSA) is 46.5 Å². The summed E-state index contributed by atoms with van der Waals surface area (Å²) in [5.41, 5.74) is 0. The largest absolute Gasteiger partial charge is 0.281 e. The first-order valence-corrected chi connectivity index (χ1v) is 4.38. The summed E-state index contributed by atoms with van der Waals surface area (Å²) in [7, 11) is 0. The van der Waals surface area contributed by atoms with E-state index in [4.69, 9.17) is 11.6 Å². The summed E-state index contributed by atoms with van der Waals surface area (Å²) in [6, 6.07) is 0.0646. The molecular formula is C8H10ClNO2. The average molecular weight is 188 g/mol. The molecule has 0 bridgehead atoms. The summed E-state index contributed by atoms with van der Waals surface area (Å²) < 4.78 is 0. The number of rotatable bonds is 2. The van der Waals surface area contributed by atoms with Gasteiger partial charge in [0.1, 0.15) is 0 Å². The predicted molar refractivity (Wildman–Crippen MR) is 44.7 cm³/mol. The van der Waals surface area contributed by atoms with E-state index in [1.54, 1.807) is 0 Å². The highest BCUT2D eigenvalue weighted by atomic mass is 35.5. The monoisotopic (exact) mass is 187 g/mol. The van der Waals surface area contributed by atoms with Crippen LogP contribution in [0.4, 0.5) is 0 Å². The van der Waals surface area contributed by atoms with E-state index in [-0.39, 0.29) is 17.2 Å². The minimum absolute atomic E-state index is 0.0234. The number of isocyanates is 1. The first kappa shape index (κ1) is 9.43. The van der Waals surface area contributed by atoms with Gasteiger partial charge in [-0.05, 0) is 37.3 Å². The van der Waals surface area contributed by atoms with Gasteiger partial charge in [-0.2, -0.15) is 0 Å². The van der Waals surface area contributed by atoms with Crippen LogP contribution in [-0.2, 0) is 9.59 Å². The second-order valence-electron chi connectivity index (χ2n) is 3.03. The van der Waals surface area contributed by atoms with Crippen LogP contribution in [0.15, 0.2) is 4.99 Å². The van der Waals surface area contributed by atoms with Crippen LogP contribution in [0, 0.1) is 5.92 Å². The molecule has 1 fully saturated rings. The van der Waals surface area contributed by atoms with Crippen LogP contribution in [0.3, 0.4) is 0 Å². The third-order valence-electron chi connectivity index (χ3n) is 2.25. The molecule has 0 aliphatic heterocycles. The number of aliphatic imine (C=N–C) groups is 1. The lowest BCUT2D eigenvalue weighted by Crippen LogP contribution is -2.20. The van der Waals surface area contributed by atoms with Crippen LogP contribution in [0.5, 0.6) is 0 Å². The highest BCUT2D eigenvalue weighted by Gasteiger charge is 2.24. The maximum absolute atomic E-state index is 10.7. The molecule has 0 amide bonds. The van der Waals surface area contributed by atoms with Gasteiger partial charge in [0, 0.05) is 5.92 Å². The van der Waals surface area contributed by atoms with Crippen molar-refractivity contribution in [3.63, 3.8) is 0 Å². The number of carbonyl (C=O) groups excluding carboxylic acids is 2. The van der Waals surface area contributed by atoms with Crippen molar-refractivity contribution in [2.45, 2.75) is 31.7 Å². The van der Waals surface area contributed by atoms with Crippen molar-refractivity contribution >= 4 is 22.9 Å². The Morgan fingerprint density at radius 1 is 1.33 bits per heavy atom. The fourth-order valence-corrected chi connectivity index (χ4v) is 1.72. The molecule has 0 heterocycles. The van der Waals surface area contributed by atoms with Crippen LogP contribution < -0.4 is 0 Å². The number of hydrogen-bond donors (Lipinski definition) is 0. The van der Waals surface area contributed by atoms with Gasteiger partial charge in [-0.3, -0.25) is 4.79 Å². The van der Waals surface area contributed by atoms with Gasteiger partial charge in [-0.15, -0.1) is 0 Å². The Labute approximate surface area is 75.8 Å². The fraction of sp³-hybridized carbons (Fsp3) is 0.750. The van der Waals surface area contributed by atoms with E-state index >= 15 is 0 Å². The SMILES string of the molecule is O=C=NC1CCC(C(=O)Cl)CC1. The van der Waals surface area contributed by atoms with Gasteiger partial charge in [-0.25, -0.2) is 9.79 Å². The maximum Gasteiger partial charge on any atom is 0.235 e. The quantitative estimate of drug-likeness (QED) is 0.375. The third-order valence-corrected chi connectivity index (χ3v) is 2.56. The van der Waals surface area contributed by atoms with Crippen molar-refractivity contribution < 1.29 is 9.59 Å². The molecule has 0 aromatic heterocycles. The molecule has 0 N–H and O–H groups in total. The number of carbonyl (C=O) groups is 1. The lowest BCUT2D eigenvalue weighted by Gasteiger charge is -2.21. The Morgan fingerprint density at radius 2 is 1.92 bits per heavy atom. The zero-order chi connectivity index (χ0) is 8.97. The van der Waals surface area contributed by atoms with Gasteiger partial charge in [0.2, 0.25) is 11.3 Å². The molecular weight excluding hydrogens is 178 g/mol. The van der Waals surface area contributed by atoms with E-state index in [1.807, 2.05) is 0 Å². The second-order valence-corrected chi connectivity index (χ2v) is 3.40. The number of hydrogen-bond acceptors (Lipinski definition) is 3. The Morgan fingerprint density at radius 3 is 2.33 bits per heavy atom. The van der Waals surface area contributed by atoms with Crippen molar-refractivity contribution in [3.8, 4) is 0 Å². The van der Waals surface area contributed by atoms with Gasteiger partial charge < -0.3 is 0 Å². The fourth-order valence-electron chi connectivity index (χ4n) is 1.51. The zero-order valence-corrected chi connectivity index (χ0v) is 7.38. The smallest absolute Gasteiger partial charge is 0.235 e. The van der Waals surface area contributed by atoms with Crippen molar-refractivity contribution in [2.24, 2.45) is 10.9 Å². The molecule has 66 valence electrons. The molecule has 0 aromatic rings. The third kappa shape index (κ3) is 2.43. The standard InChI is InChI=1S/C8H10ClNO2/c9-8(12)6-1-3-7(4-2-6)10-5-11/h6-7H,1-4H2. The molecule has 0 spiro atoms. The second kappa shape index (κ2) is 4.39. The van der Waals surface area contributed by atoms with Crippen LogP contribution >= 0.6 is 11.6 Å². The molecule has 1 aliphatic carbocycles. The van der Waals surface area contributed by atoms with E-state index in [0.717, 1.165) is 25.7 Å². The summed E-state index contributed by atoms with van der Waals surface area (Å²) in [5, 5.41) is -0.261. The van der Waals surface area contributed by atoms with Gasteiger partial charge in [0.25, 0.3) is 0 Å². The van der Waals surface area contributed by atoms with Gasteiger partial charge in [-0.1, -0.05) is 0 Å². The van der Waals surface area contributed by atoms with Crippen molar-refractivity contribution in [2.75, 3.05) is 0 Å². The van der Waals surface area contributed by atoms with Crippen LogP contribution in [0.25, 0.3) is 0 Å². The van der Waals surface area contributed by atoms with Crippen molar-refractivity contribution in [1.29, 1.82) is 0 Å². The Bertz CT molecular complexity index is 205. The molecule has 0 atom stereocenters. The van der Waals surface area contributed by atoms with Gasteiger partial charge >= 0.3 is 0 Å². The van der Waals surface area contributed by atoms with E-state index in [9.17, 15) is 9.59 Å². The van der Waals surface area contributed by atoms with E-state index in [2.05, 4.69) is 4.99 Å². The summed E-state index contributed by atoms with van der Waals surface area (Å²) >= 11 is 5.33. The Balaban J connectivity index is 2.39. The molecule has 0 saturated heterocycles. The van der Waals surface area contributed by atoms with E-state index < -0.39 is 0 Å². The molecule has 1 aliphatic rings. The van der Waals surface area contributed by atoms with Crippen LogP contribution in [0.2, 0.25) is 0 Å². The summed E-state index contributed by atoms with van der Waals surface area (Å²) in [6.07, 6.45) is 4.59. The Kier molecular flexibility index (Phi) is 3.45. The molecule has 1 rings (SSSR count). The first-order valence-electron chi connectivity index (χ1n) is 4.00. The minimum atomic E-state index is -0.261. The zero-order valence-electron chi connectivity index (χ0n) is 6.62. The van der Waals surface area contributed by atoms with Crippen LogP contribution in [0.1, 0.15) is 25.7 Å². The summed E-state index contributed by atoms with van der Waals surface area (Å²) in [5.74, 6) is -0.0234. The van der Waals surface area contributed by atoms with Gasteiger partial charge in [0.05, 0.1) is 6.04 Å².